The van der Waals surface area contributed by atoms with Crippen LogP contribution in [-0.2, 0) is 6.42 Å². The lowest BCUT2D eigenvalue weighted by Gasteiger charge is -2.17. The Morgan fingerprint density at radius 3 is 2.57 bits per heavy atom. The minimum atomic E-state index is -0.134. The minimum Gasteiger partial charge on any atom is -0.257 e. The van der Waals surface area contributed by atoms with E-state index in [0.717, 1.165) is 17.0 Å². The van der Waals surface area contributed by atoms with Gasteiger partial charge >= 0.3 is 0 Å². The number of hydrogen-bond acceptors (Lipinski definition) is 1. The third kappa shape index (κ3) is 1.45. The summed E-state index contributed by atoms with van der Waals surface area (Å²) in [6.07, 6.45) is 0.658. The lowest BCUT2D eigenvalue weighted by Crippen LogP contribution is -2.20. The van der Waals surface area contributed by atoms with Gasteiger partial charge in [0.25, 0.3) is 0 Å². The molecule has 0 spiro atoms. The molecule has 0 aliphatic carbocycles. The van der Waals surface area contributed by atoms with E-state index in [-0.39, 0.29) is 11.2 Å². The Labute approximate surface area is 83.7 Å². The van der Waals surface area contributed by atoms with E-state index in [1.165, 1.54) is 6.07 Å². The van der Waals surface area contributed by atoms with Crippen LogP contribution < -0.4 is 0 Å². The summed E-state index contributed by atoms with van der Waals surface area (Å²) in [7, 11) is 0. The van der Waals surface area contributed by atoms with Gasteiger partial charge in [-0.3, -0.25) is 4.99 Å². The van der Waals surface area contributed by atoms with E-state index in [9.17, 15) is 4.39 Å². The zero-order chi connectivity index (χ0) is 10.3. The van der Waals surface area contributed by atoms with Crippen LogP contribution in [0.15, 0.2) is 23.2 Å². The van der Waals surface area contributed by atoms with Crippen LogP contribution >= 0.6 is 0 Å². The molecule has 0 fully saturated rings. The van der Waals surface area contributed by atoms with E-state index >= 15 is 0 Å². The van der Waals surface area contributed by atoms with Crippen molar-refractivity contribution < 1.29 is 4.39 Å². The van der Waals surface area contributed by atoms with Gasteiger partial charge in [0.2, 0.25) is 0 Å². The van der Waals surface area contributed by atoms with Crippen molar-refractivity contribution in [2.75, 3.05) is 0 Å². The highest BCUT2D eigenvalue weighted by Gasteiger charge is 2.26. The molecule has 1 aliphatic rings. The Balaban J connectivity index is 2.42. The average molecular weight is 191 g/mol. The molecule has 0 radical (unpaired) electrons. The number of aliphatic imine (C=N–C) groups is 1. The quantitative estimate of drug-likeness (QED) is 0.595. The molecular formula is C12H14FN. The normalized spacial score (nSPS) is 15.3. The second-order valence-corrected chi connectivity index (χ2v) is 4.72. The van der Waals surface area contributed by atoms with Gasteiger partial charge in [-0.2, -0.15) is 0 Å². The van der Waals surface area contributed by atoms with E-state index < -0.39 is 0 Å². The van der Waals surface area contributed by atoms with Crippen molar-refractivity contribution in [3.05, 3.63) is 29.6 Å². The molecule has 1 aromatic carbocycles. The molecule has 0 bridgehead atoms. The number of benzene rings is 1. The number of halogens is 1. The maximum Gasteiger partial charge on any atom is 0.128 e. The molecule has 14 heavy (non-hydrogen) atoms. The molecule has 1 heterocycles. The molecule has 2 heteroatoms. The summed E-state index contributed by atoms with van der Waals surface area (Å²) < 4.78 is 13.4. The molecular weight excluding hydrogens is 177 g/mol. The predicted molar refractivity (Wildman–Crippen MR) is 56.7 cm³/mol. The number of hydrogen-bond donors (Lipinski definition) is 0. The lowest BCUT2D eigenvalue weighted by molar-refractivity contribution is 0.580. The van der Waals surface area contributed by atoms with Crippen LogP contribution in [-0.4, -0.2) is 5.71 Å². The first-order chi connectivity index (χ1) is 6.48. The molecule has 2 rings (SSSR count). The molecule has 1 aromatic rings. The van der Waals surface area contributed by atoms with Gasteiger partial charge in [0.1, 0.15) is 5.82 Å². The Morgan fingerprint density at radius 2 is 2.00 bits per heavy atom. The first-order valence-corrected chi connectivity index (χ1v) is 4.84. The van der Waals surface area contributed by atoms with Gasteiger partial charge in [-0.15, -0.1) is 0 Å². The second kappa shape index (κ2) is 2.91. The van der Waals surface area contributed by atoms with Crippen molar-refractivity contribution in [1.82, 2.24) is 0 Å². The SMILES string of the molecule is CC(C)(C)C1=Nc2cccc(F)c2C1. The summed E-state index contributed by atoms with van der Waals surface area (Å²) in [5.74, 6) is -0.134. The summed E-state index contributed by atoms with van der Waals surface area (Å²) in [5.41, 5.74) is 2.65. The maximum absolute atomic E-state index is 13.4. The molecule has 0 atom stereocenters. The summed E-state index contributed by atoms with van der Waals surface area (Å²) >= 11 is 0. The summed E-state index contributed by atoms with van der Waals surface area (Å²) in [6, 6.07) is 5.08. The van der Waals surface area contributed by atoms with E-state index in [1.54, 1.807) is 6.07 Å². The van der Waals surface area contributed by atoms with Crippen molar-refractivity contribution in [2.45, 2.75) is 27.2 Å². The van der Waals surface area contributed by atoms with Gasteiger partial charge in [0.05, 0.1) is 5.69 Å². The molecule has 0 amide bonds. The van der Waals surface area contributed by atoms with Crippen LogP contribution in [0.3, 0.4) is 0 Å². The van der Waals surface area contributed by atoms with E-state index in [1.807, 2.05) is 6.07 Å². The monoisotopic (exact) mass is 191 g/mol. The zero-order valence-corrected chi connectivity index (χ0v) is 8.76. The topological polar surface area (TPSA) is 12.4 Å². The summed E-state index contributed by atoms with van der Waals surface area (Å²) in [6.45, 7) is 6.32. The number of fused-ring (bicyclic) bond motifs is 1. The van der Waals surface area contributed by atoms with Gasteiger partial charge in [-0.25, -0.2) is 4.39 Å². The van der Waals surface area contributed by atoms with Crippen molar-refractivity contribution in [3.63, 3.8) is 0 Å². The number of rotatable bonds is 0. The fraction of sp³-hybridized carbons (Fsp3) is 0.417. The minimum absolute atomic E-state index is 0.0332. The van der Waals surface area contributed by atoms with Crippen molar-refractivity contribution in [2.24, 2.45) is 10.4 Å². The Hall–Kier alpha value is -1.18. The Kier molecular flexibility index (Phi) is 1.95. The van der Waals surface area contributed by atoms with E-state index in [4.69, 9.17) is 0 Å². The molecule has 0 N–H and O–H groups in total. The van der Waals surface area contributed by atoms with Crippen molar-refractivity contribution in [3.8, 4) is 0 Å². The van der Waals surface area contributed by atoms with Crippen LogP contribution in [0.25, 0.3) is 0 Å². The van der Waals surface area contributed by atoms with Crippen LogP contribution in [0, 0.1) is 11.2 Å². The maximum atomic E-state index is 13.4. The van der Waals surface area contributed by atoms with E-state index in [2.05, 4.69) is 25.8 Å². The van der Waals surface area contributed by atoms with Gasteiger partial charge < -0.3 is 0 Å². The molecule has 0 saturated heterocycles. The van der Waals surface area contributed by atoms with Crippen LogP contribution in [0.4, 0.5) is 10.1 Å². The smallest absolute Gasteiger partial charge is 0.128 e. The Bertz CT molecular complexity index is 399. The fourth-order valence-corrected chi connectivity index (χ4v) is 1.61. The number of nitrogens with zero attached hydrogens (tertiary/aromatic N) is 1. The van der Waals surface area contributed by atoms with Crippen LogP contribution in [0.5, 0.6) is 0 Å². The fourth-order valence-electron chi connectivity index (χ4n) is 1.61. The largest absolute Gasteiger partial charge is 0.257 e. The van der Waals surface area contributed by atoms with Gasteiger partial charge in [0.15, 0.2) is 0 Å². The highest BCUT2D eigenvalue weighted by atomic mass is 19.1. The molecule has 1 aliphatic heterocycles. The van der Waals surface area contributed by atoms with Gasteiger partial charge in [-0.05, 0) is 12.1 Å². The van der Waals surface area contributed by atoms with Crippen molar-refractivity contribution >= 4 is 11.4 Å². The molecule has 1 nitrogen and oxygen atoms in total. The molecule has 0 aromatic heterocycles. The average Bonchev–Trinajstić information content (AvgIpc) is 2.48. The molecule has 0 unspecified atom stereocenters. The summed E-state index contributed by atoms with van der Waals surface area (Å²) in [5, 5.41) is 0. The summed E-state index contributed by atoms with van der Waals surface area (Å²) in [4.78, 5) is 4.46. The van der Waals surface area contributed by atoms with Crippen LogP contribution in [0.2, 0.25) is 0 Å². The molecule has 0 saturated carbocycles. The zero-order valence-electron chi connectivity index (χ0n) is 8.76. The predicted octanol–water partition coefficient (Wildman–Crippen LogP) is 3.50. The Morgan fingerprint density at radius 1 is 1.29 bits per heavy atom. The lowest BCUT2D eigenvalue weighted by atomic mass is 9.87. The molecule has 74 valence electrons. The standard InChI is InChI=1S/C12H14FN/c1-12(2,3)11-7-8-9(13)5-4-6-10(8)14-11/h4-6H,7H2,1-3H3. The third-order valence-corrected chi connectivity index (χ3v) is 2.56. The highest BCUT2D eigenvalue weighted by Crippen LogP contribution is 2.34. The van der Waals surface area contributed by atoms with Crippen molar-refractivity contribution in [1.29, 1.82) is 0 Å². The van der Waals surface area contributed by atoms with Crippen LogP contribution in [0.1, 0.15) is 26.3 Å². The van der Waals surface area contributed by atoms with Gasteiger partial charge in [0, 0.05) is 23.1 Å². The van der Waals surface area contributed by atoms with E-state index in [0.29, 0.717) is 6.42 Å². The van der Waals surface area contributed by atoms with Gasteiger partial charge in [-0.1, -0.05) is 26.8 Å². The first-order valence-electron chi connectivity index (χ1n) is 4.84. The second-order valence-electron chi connectivity index (χ2n) is 4.72. The third-order valence-electron chi connectivity index (χ3n) is 2.56. The first kappa shape index (κ1) is 9.38. The highest BCUT2D eigenvalue weighted by molar-refractivity contribution is 5.97.